The molecule has 0 fully saturated rings. The predicted octanol–water partition coefficient (Wildman–Crippen LogP) is 4.66. The first-order valence-electron chi connectivity index (χ1n) is 14.0. The lowest BCUT2D eigenvalue weighted by atomic mass is 9.96. The molecule has 4 aromatic rings. The van der Waals surface area contributed by atoms with E-state index in [0.29, 0.717) is 5.69 Å². The summed E-state index contributed by atoms with van der Waals surface area (Å²) >= 11 is 0. The number of halogens is 1. The second kappa shape index (κ2) is 12.0. The number of rotatable bonds is 6. The van der Waals surface area contributed by atoms with Gasteiger partial charge in [-0.3, -0.25) is 4.79 Å². The van der Waals surface area contributed by atoms with E-state index in [1.165, 1.54) is 23.5 Å². The molecule has 3 atom stereocenters. The van der Waals surface area contributed by atoms with Crippen molar-refractivity contribution in [2.75, 3.05) is 26.7 Å². The Kier molecular flexibility index (Phi) is 8.52. The second-order valence-electron chi connectivity index (χ2n) is 11.0. The number of carbonyl (C=O) groups excluding carboxylic acids is 1. The van der Waals surface area contributed by atoms with Crippen LogP contribution < -0.4 is 0 Å². The number of aryl methyl sites for hydroxylation is 1. The zero-order chi connectivity index (χ0) is 30.2. The third-order valence-corrected chi connectivity index (χ3v) is 10.0. The third kappa shape index (κ3) is 5.47. The highest BCUT2D eigenvalue weighted by molar-refractivity contribution is 7.89. The first kappa shape index (κ1) is 29.9. The van der Waals surface area contributed by atoms with E-state index in [9.17, 15) is 22.7 Å². The molecular weight excluding hydrogens is 557 g/mol. The van der Waals surface area contributed by atoms with Crippen molar-refractivity contribution in [2.24, 2.45) is 13.0 Å². The molecule has 1 aromatic heterocycles. The molecule has 10 heteroatoms. The number of sulfonamides is 1. The molecule has 0 aliphatic carbocycles. The van der Waals surface area contributed by atoms with E-state index in [2.05, 4.69) is 0 Å². The molecule has 1 aliphatic heterocycles. The van der Waals surface area contributed by atoms with Gasteiger partial charge >= 0.3 is 0 Å². The van der Waals surface area contributed by atoms with Crippen molar-refractivity contribution in [1.29, 1.82) is 0 Å². The minimum Gasteiger partial charge on any atom is -0.394 e. The first-order chi connectivity index (χ1) is 20.0. The van der Waals surface area contributed by atoms with Crippen LogP contribution in [0.25, 0.3) is 22.0 Å². The van der Waals surface area contributed by atoms with Gasteiger partial charge in [-0.25, -0.2) is 12.8 Å². The van der Waals surface area contributed by atoms with Crippen LogP contribution in [0.3, 0.4) is 0 Å². The smallest absolute Gasteiger partial charge is 0.271 e. The monoisotopic (exact) mass is 593 g/mol. The maximum Gasteiger partial charge on any atom is 0.271 e. The summed E-state index contributed by atoms with van der Waals surface area (Å²) in [5.74, 6) is -1.05. The highest BCUT2D eigenvalue weighted by Crippen LogP contribution is 2.38. The number of benzene rings is 3. The number of aromatic nitrogens is 1. The molecule has 0 unspecified atom stereocenters. The average Bonchev–Trinajstić information content (AvgIpc) is 3.28. The molecule has 1 aliphatic rings. The van der Waals surface area contributed by atoms with Crippen LogP contribution in [-0.4, -0.2) is 72.1 Å². The summed E-state index contributed by atoms with van der Waals surface area (Å²) in [6.45, 7) is 3.91. The number of hydrogen-bond acceptors (Lipinski definition) is 5. The lowest BCUT2D eigenvalue weighted by molar-refractivity contribution is -0.0147. The summed E-state index contributed by atoms with van der Waals surface area (Å²) in [6, 6.07) is 19.8. The average molecular weight is 594 g/mol. The Balaban J connectivity index is 1.60. The van der Waals surface area contributed by atoms with E-state index in [4.69, 9.17) is 4.74 Å². The molecule has 0 saturated heterocycles. The van der Waals surface area contributed by atoms with Crippen LogP contribution in [0.1, 0.15) is 29.9 Å². The van der Waals surface area contributed by atoms with Crippen molar-refractivity contribution in [2.45, 2.75) is 37.5 Å². The lowest BCUT2D eigenvalue weighted by Gasteiger charge is -2.35. The molecule has 0 saturated carbocycles. The predicted molar refractivity (Wildman–Crippen MR) is 160 cm³/mol. The van der Waals surface area contributed by atoms with Crippen LogP contribution in [0.5, 0.6) is 0 Å². The van der Waals surface area contributed by atoms with Crippen LogP contribution in [0.15, 0.2) is 77.7 Å². The Labute approximate surface area is 246 Å². The molecule has 0 bridgehead atoms. The highest BCUT2D eigenvalue weighted by Gasteiger charge is 2.34. The Morgan fingerprint density at radius 2 is 1.74 bits per heavy atom. The summed E-state index contributed by atoms with van der Waals surface area (Å²) in [5.41, 5.74) is 3.96. The minimum atomic E-state index is -3.93. The van der Waals surface area contributed by atoms with E-state index in [-0.39, 0.29) is 43.0 Å². The van der Waals surface area contributed by atoms with E-state index in [1.807, 2.05) is 67.1 Å². The van der Waals surface area contributed by atoms with Gasteiger partial charge in [0.2, 0.25) is 10.0 Å². The van der Waals surface area contributed by atoms with Crippen LogP contribution in [-0.2, 0) is 28.4 Å². The highest BCUT2D eigenvalue weighted by atomic mass is 32.2. The van der Waals surface area contributed by atoms with Gasteiger partial charge in [0.15, 0.2) is 0 Å². The van der Waals surface area contributed by atoms with Crippen molar-refractivity contribution in [3.63, 3.8) is 0 Å². The fourth-order valence-corrected chi connectivity index (χ4v) is 6.85. The van der Waals surface area contributed by atoms with Gasteiger partial charge in [0.05, 0.1) is 30.3 Å². The third-order valence-electron chi connectivity index (χ3n) is 8.18. The summed E-state index contributed by atoms with van der Waals surface area (Å²) in [5, 5.41) is 11.1. The standard InChI is InChI=1S/C32H36FN3O5S/c1-21-17-36(22(2)19-37)32(38)31-30(27-11-7-8-12-28(27)35(31)4)26-10-6-5-9-23(26)20-41-29(21)18-34(3)42(39,40)25-15-13-24(33)14-16-25/h5-16,21-22,29,37H,17-20H2,1-4H3/t21-,22-,29+/m0/s1. The van der Waals surface area contributed by atoms with E-state index >= 15 is 0 Å². The van der Waals surface area contributed by atoms with Crippen LogP contribution in [0, 0.1) is 11.7 Å². The normalized spacial score (nSPS) is 18.9. The number of nitrogens with zero attached hydrogens (tertiary/aromatic N) is 3. The number of aliphatic hydroxyl groups is 1. The number of aliphatic hydroxyl groups excluding tert-OH is 1. The number of hydrogen-bond donors (Lipinski definition) is 1. The number of para-hydroxylation sites is 1. The number of likely N-dealkylation sites (N-methyl/N-ethyl adjacent to an activating group) is 1. The van der Waals surface area contributed by atoms with Crippen molar-refractivity contribution >= 4 is 26.8 Å². The number of ether oxygens (including phenoxy) is 1. The zero-order valence-electron chi connectivity index (χ0n) is 24.2. The number of fused-ring (bicyclic) bond motifs is 5. The Hall–Kier alpha value is -3.57. The zero-order valence-corrected chi connectivity index (χ0v) is 25.0. The second-order valence-corrected chi connectivity index (χ2v) is 13.1. The fraction of sp³-hybridized carbons (Fsp3) is 0.344. The Morgan fingerprint density at radius 3 is 2.45 bits per heavy atom. The molecule has 8 nitrogen and oxygen atoms in total. The van der Waals surface area contributed by atoms with Gasteiger partial charge in [0.1, 0.15) is 11.5 Å². The molecule has 2 heterocycles. The minimum absolute atomic E-state index is 0.00839. The molecule has 5 rings (SSSR count). The topological polar surface area (TPSA) is 92.1 Å². The van der Waals surface area contributed by atoms with Gasteiger partial charge < -0.3 is 19.3 Å². The van der Waals surface area contributed by atoms with Crippen LogP contribution in [0.2, 0.25) is 0 Å². The molecule has 0 spiro atoms. The van der Waals surface area contributed by atoms with E-state index in [0.717, 1.165) is 39.7 Å². The Bertz CT molecular complexity index is 1700. The van der Waals surface area contributed by atoms with Gasteiger partial charge in [-0.2, -0.15) is 4.31 Å². The van der Waals surface area contributed by atoms with Crippen LogP contribution in [0.4, 0.5) is 4.39 Å². The molecule has 1 amide bonds. The summed E-state index contributed by atoms with van der Waals surface area (Å²) in [6.07, 6.45) is -0.600. The van der Waals surface area contributed by atoms with Crippen molar-refractivity contribution < 1.29 is 27.4 Å². The molecule has 3 aromatic carbocycles. The van der Waals surface area contributed by atoms with Gasteiger partial charge in [0, 0.05) is 49.6 Å². The van der Waals surface area contributed by atoms with Crippen molar-refractivity contribution in [3.8, 4) is 11.1 Å². The van der Waals surface area contributed by atoms with E-state index < -0.39 is 28.0 Å². The molecule has 1 N–H and O–H groups in total. The fourth-order valence-electron chi connectivity index (χ4n) is 5.66. The lowest BCUT2D eigenvalue weighted by Crippen LogP contribution is -2.48. The summed E-state index contributed by atoms with van der Waals surface area (Å²) in [7, 11) is -0.587. The van der Waals surface area contributed by atoms with Crippen molar-refractivity contribution in [3.05, 3.63) is 89.9 Å². The van der Waals surface area contributed by atoms with Crippen molar-refractivity contribution in [1.82, 2.24) is 13.8 Å². The number of amides is 1. The molecule has 42 heavy (non-hydrogen) atoms. The van der Waals surface area contributed by atoms with Gasteiger partial charge in [0.25, 0.3) is 5.91 Å². The molecule has 0 radical (unpaired) electrons. The largest absolute Gasteiger partial charge is 0.394 e. The summed E-state index contributed by atoms with van der Waals surface area (Å²) in [4.78, 5) is 16.1. The number of carbonyl (C=O) groups is 1. The van der Waals surface area contributed by atoms with Gasteiger partial charge in [-0.1, -0.05) is 49.4 Å². The molecule has 222 valence electrons. The molecular formula is C32H36FN3O5S. The maximum absolute atomic E-state index is 14.4. The van der Waals surface area contributed by atoms with E-state index in [1.54, 1.807) is 11.8 Å². The summed E-state index contributed by atoms with van der Waals surface area (Å²) < 4.78 is 49.8. The Morgan fingerprint density at radius 1 is 1.07 bits per heavy atom. The van der Waals surface area contributed by atoms with Gasteiger partial charge in [-0.15, -0.1) is 0 Å². The quantitative estimate of drug-likeness (QED) is 0.351. The first-order valence-corrected chi connectivity index (χ1v) is 15.4. The van der Waals surface area contributed by atoms with Crippen LogP contribution >= 0.6 is 0 Å². The SMILES string of the molecule is C[C@H]1CN([C@@H](C)CO)C(=O)c2c(c3ccccc3n2C)-c2ccccc2CO[C@@H]1CN(C)S(=O)(=O)c1ccc(F)cc1. The maximum atomic E-state index is 14.4. The van der Waals surface area contributed by atoms with Gasteiger partial charge in [-0.05, 0) is 48.4 Å².